The maximum atomic E-state index is 11.3. The molecule has 2 aromatic rings. The van der Waals surface area contributed by atoms with E-state index in [1.807, 2.05) is 0 Å². The molecule has 4 heteroatoms. The SMILES string of the molecule is O=C(O)/C(=C\c1cccc(O)c1O)c1ccccc1. The molecule has 19 heavy (non-hydrogen) atoms. The van der Waals surface area contributed by atoms with Gasteiger partial charge in [0.2, 0.25) is 0 Å². The number of para-hydroxylation sites is 1. The van der Waals surface area contributed by atoms with Gasteiger partial charge in [-0.1, -0.05) is 42.5 Å². The standard InChI is InChI=1S/C15H12O4/c16-13-8-4-7-11(14(13)17)9-12(15(18)19)10-5-2-1-3-6-10/h1-9,16-17H,(H,18,19)/b12-9-. The highest BCUT2D eigenvalue weighted by molar-refractivity contribution is 6.20. The Labute approximate surface area is 109 Å². The lowest BCUT2D eigenvalue weighted by atomic mass is 10.0. The maximum absolute atomic E-state index is 11.3. The van der Waals surface area contributed by atoms with Gasteiger partial charge in [-0.05, 0) is 17.7 Å². The molecule has 4 nitrogen and oxygen atoms in total. The fourth-order valence-corrected chi connectivity index (χ4v) is 1.71. The molecule has 0 spiro atoms. The van der Waals surface area contributed by atoms with Crippen molar-refractivity contribution in [1.82, 2.24) is 0 Å². The first-order valence-electron chi connectivity index (χ1n) is 5.61. The van der Waals surface area contributed by atoms with Gasteiger partial charge in [-0.25, -0.2) is 4.79 Å². The summed E-state index contributed by atoms with van der Waals surface area (Å²) in [5.74, 6) is -1.72. The lowest BCUT2D eigenvalue weighted by Gasteiger charge is -2.05. The molecular formula is C15H12O4. The summed E-state index contributed by atoms with van der Waals surface area (Å²) in [4.78, 5) is 11.3. The predicted octanol–water partition coefficient (Wildman–Crippen LogP) is 2.72. The molecule has 0 amide bonds. The monoisotopic (exact) mass is 256 g/mol. The zero-order valence-electron chi connectivity index (χ0n) is 9.95. The van der Waals surface area contributed by atoms with E-state index in [4.69, 9.17) is 0 Å². The van der Waals surface area contributed by atoms with E-state index in [0.717, 1.165) is 0 Å². The average Bonchev–Trinajstić information content (AvgIpc) is 2.41. The highest BCUT2D eigenvalue weighted by Crippen LogP contribution is 2.31. The number of phenols is 2. The van der Waals surface area contributed by atoms with Crippen molar-refractivity contribution in [2.24, 2.45) is 0 Å². The Balaban J connectivity index is 2.54. The molecule has 0 saturated carbocycles. The van der Waals surface area contributed by atoms with Crippen LogP contribution in [-0.4, -0.2) is 21.3 Å². The number of hydrogen-bond acceptors (Lipinski definition) is 3. The van der Waals surface area contributed by atoms with Gasteiger partial charge >= 0.3 is 5.97 Å². The van der Waals surface area contributed by atoms with Crippen LogP contribution < -0.4 is 0 Å². The van der Waals surface area contributed by atoms with E-state index >= 15 is 0 Å². The van der Waals surface area contributed by atoms with E-state index in [-0.39, 0.29) is 22.6 Å². The number of benzene rings is 2. The van der Waals surface area contributed by atoms with E-state index in [1.54, 1.807) is 30.3 Å². The first kappa shape index (κ1) is 12.7. The molecule has 0 aromatic heterocycles. The number of carboxylic acid groups (broad SMARTS) is 1. The minimum absolute atomic E-state index is 0.0431. The van der Waals surface area contributed by atoms with Crippen LogP contribution in [0.5, 0.6) is 11.5 Å². The zero-order valence-corrected chi connectivity index (χ0v) is 9.95. The van der Waals surface area contributed by atoms with Crippen LogP contribution in [0.25, 0.3) is 11.6 Å². The molecule has 0 bridgehead atoms. The van der Waals surface area contributed by atoms with Crippen LogP contribution in [0.15, 0.2) is 48.5 Å². The summed E-state index contributed by atoms with van der Waals surface area (Å²) in [5.41, 5.74) is 0.820. The Morgan fingerprint density at radius 3 is 2.26 bits per heavy atom. The van der Waals surface area contributed by atoms with Crippen LogP contribution >= 0.6 is 0 Å². The molecule has 0 saturated heterocycles. The van der Waals surface area contributed by atoms with Crippen molar-refractivity contribution < 1.29 is 20.1 Å². The summed E-state index contributed by atoms with van der Waals surface area (Å²) < 4.78 is 0. The van der Waals surface area contributed by atoms with Crippen molar-refractivity contribution in [2.75, 3.05) is 0 Å². The van der Waals surface area contributed by atoms with Crippen molar-refractivity contribution in [3.63, 3.8) is 0 Å². The fraction of sp³-hybridized carbons (Fsp3) is 0. The van der Waals surface area contributed by atoms with Gasteiger partial charge in [0.25, 0.3) is 0 Å². The molecule has 0 aliphatic rings. The number of carbonyl (C=O) groups is 1. The molecule has 0 atom stereocenters. The van der Waals surface area contributed by atoms with Crippen LogP contribution in [0.1, 0.15) is 11.1 Å². The van der Waals surface area contributed by atoms with Crippen LogP contribution in [0, 0.1) is 0 Å². The second-order valence-corrected chi connectivity index (χ2v) is 3.94. The third-order valence-electron chi connectivity index (χ3n) is 2.66. The van der Waals surface area contributed by atoms with Gasteiger partial charge in [0.1, 0.15) is 0 Å². The van der Waals surface area contributed by atoms with E-state index in [2.05, 4.69) is 0 Å². The molecule has 2 rings (SSSR count). The highest BCUT2D eigenvalue weighted by atomic mass is 16.4. The van der Waals surface area contributed by atoms with Crippen LogP contribution in [0.2, 0.25) is 0 Å². The molecule has 96 valence electrons. The van der Waals surface area contributed by atoms with E-state index in [0.29, 0.717) is 5.56 Å². The number of hydrogen-bond donors (Lipinski definition) is 3. The normalized spacial score (nSPS) is 11.3. The Bertz CT molecular complexity index is 630. The highest BCUT2D eigenvalue weighted by Gasteiger charge is 2.12. The zero-order chi connectivity index (χ0) is 13.8. The van der Waals surface area contributed by atoms with E-state index in [9.17, 15) is 20.1 Å². The van der Waals surface area contributed by atoms with E-state index in [1.165, 1.54) is 24.3 Å². The Morgan fingerprint density at radius 1 is 0.947 bits per heavy atom. The first-order chi connectivity index (χ1) is 9.09. The van der Waals surface area contributed by atoms with Crippen LogP contribution in [0.4, 0.5) is 0 Å². The van der Waals surface area contributed by atoms with Gasteiger partial charge in [-0.2, -0.15) is 0 Å². The van der Waals surface area contributed by atoms with Crippen molar-refractivity contribution in [2.45, 2.75) is 0 Å². The number of aliphatic carboxylic acids is 1. The maximum Gasteiger partial charge on any atom is 0.336 e. The predicted molar refractivity (Wildman–Crippen MR) is 71.7 cm³/mol. The summed E-state index contributed by atoms with van der Waals surface area (Å²) >= 11 is 0. The third kappa shape index (κ3) is 2.74. The van der Waals surface area contributed by atoms with Crippen molar-refractivity contribution in [1.29, 1.82) is 0 Å². The molecule has 0 heterocycles. The number of phenolic OH excluding ortho intramolecular Hbond substituents is 2. The van der Waals surface area contributed by atoms with Crippen LogP contribution in [-0.2, 0) is 4.79 Å². The minimum atomic E-state index is -1.10. The largest absolute Gasteiger partial charge is 0.504 e. The Kier molecular flexibility index (Phi) is 3.52. The van der Waals surface area contributed by atoms with E-state index < -0.39 is 5.97 Å². The van der Waals surface area contributed by atoms with Crippen molar-refractivity contribution in [3.05, 3.63) is 59.7 Å². The molecule has 0 fully saturated rings. The lowest BCUT2D eigenvalue weighted by Crippen LogP contribution is -1.99. The Hall–Kier alpha value is -2.75. The molecule has 0 radical (unpaired) electrons. The number of aromatic hydroxyl groups is 2. The first-order valence-corrected chi connectivity index (χ1v) is 5.61. The van der Waals surface area contributed by atoms with Gasteiger partial charge in [0.05, 0.1) is 5.57 Å². The summed E-state index contributed by atoms with van der Waals surface area (Å²) in [6, 6.07) is 13.0. The molecule has 0 aliphatic heterocycles. The molecule has 0 unspecified atom stereocenters. The topological polar surface area (TPSA) is 77.8 Å². The van der Waals surface area contributed by atoms with Gasteiger partial charge in [0.15, 0.2) is 11.5 Å². The minimum Gasteiger partial charge on any atom is -0.504 e. The second-order valence-electron chi connectivity index (χ2n) is 3.94. The fourth-order valence-electron chi connectivity index (χ4n) is 1.71. The van der Waals surface area contributed by atoms with Gasteiger partial charge in [-0.3, -0.25) is 0 Å². The molecule has 3 N–H and O–H groups in total. The molecular weight excluding hydrogens is 244 g/mol. The average molecular weight is 256 g/mol. The number of rotatable bonds is 3. The van der Waals surface area contributed by atoms with Crippen molar-refractivity contribution >= 4 is 17.6 Å². The summed E-state index contributed by atoms with van der Waals surface area (Å²) in [6.07, 6.45) is 1.33. The third-order valence-corrected chi connectivity index (χ3v) is 2.66. The summed E-state index contributed by atoms with van der Waals surface area (Å²) in [7, 11) is 0. The number of carboxylic acids is 1. The summed E-state index contributed by atoms with van der Waals surface area (Å²) in [5, 5.41) is 28.3. The molecule has 0 aliphatic carbocycles. The summed E-state index contributed by atoms with van der Waals surface area (Å²) in [6.45, 7) is 0. The lowest BCUT2D eigenvalue weighted by molar-refractivity contribution is -0.130. The second kappa shape index (κ2) is 5.27. The van der Waals surface area contributed by atoms with Crippen molar-refractivity contribution in [3.8, 4) is 11.5 Å². The smallest absolute Gasteiger partial charge is 0.336 e. The quantitative estimate of drug-likeness (QED) is 0.448. The van der Waals surface area contributed by atoms with Gasteiger partial charge < -0.3 is 15.3 Å². The van der Waals surface area contributed by atoms with Gasteiger partial charge in [-0.15, -0.1) is 0 Å². The Morgan fingerprint density at radius 2 is 1.63 bits per heavy atom. The van der Waals surface area contributed by atoms with Crippen LogP contribution in [0.3, 0.4) is 0 Å². The van der Waals surface area contributed by atoms with Gasteiger partial charge in [0, 0.05) is 5.56 Å². The molecule has 2 aromatic carbocycles.